The number of hydrogen-bond acceptors (Lipinski definition) is 3. The highest BCUT2D eigenvalue weighted by atomic mass is 16.5. The molecule has 1 amide bonds. The zero-order chi connectivity index (χ0) is 17.2. The Bertz CT molecular complexity index is 894. The van der Waals surface area contributed by atoms with E-state index in [1.54, 1.807) is 0 Å². The molecule has 2 atom stereocenters. The number of amides is 1. The van der Waals surface area contributed by atoms with Gasteiger partial charge in [0.05, 0.1) is 12.0 Å². The minimum absolute atomic E-state index is 0.108. The second-order valence-electron chi connectivity index (χ2n) is 7.71. The number of aliphatic carboxylic acids is 1. The maximum absolute atomic E-state index is 12.6. The largest absolute Gasteiger partial charge is 0.481 e. The number of carboxylic acid groups (broad SMARTS) is 1. The number of fused-ring (bicyclic) bond motifs is 2. The number of rotatable bonds is 4. The fourth-order valence-electron chi connectivity index (χ4n) is 4.53. The number of benzene rings is 2. The van der Waals surface area contributed by atoms with Crippen molar-refractivity contribution in [2.24, 2.45) is 5.41 Å². The van der Waals surface area contributed by atoms with Crippen LogP contribution in [0.25, 0.3) is 10.8 Å². The van der Waals surface area contributed by atoms with Gasteiger partial charge in [0.15, 0.2) is 0 Å². The predicted octanol–water partition coefficient (Wildman–Crippen LogP) is 2.45. The van der Waals surface area contributed by atoms with E-state index in [9.17, 15) is 14.7 Å². The van der Waals surface area contributed by atoms with Gasteiger partial charge in [-0.1, -0.05) is 42.5 Å². The van der Waals surface area contributed by atoms with Crippen LogP contribution in [0, 0.1) is 5.41 Å². The average molecular weight is 337 g/mol. The standard InChI is InChI=1S/C20H19NO4/c22-17(20-9-19(10-20,11-25-20)18(23)24)21-16-8-15(16)14-7-3-5-12-4-1-2-6-13(12)14/h1-7,15-16H,8-11H2,(H,21,22)(H,23,24)/t15-,16+,19?,20?/m0/s1. The summed E-state index contributed by atoms with van der Waals surface area (Å²) in [6, 6.07) is 14.7. The first-order valence-electron chi connectivity index (χ1n) is 8.69. The van der Waals surface area contributed by atoms with Crippen LogP contribution in [-0.4, -0.2) is 35.2 Å². The third-order valence-electron chi connectivity index (χ3n) is 6.07. The van der Waals surface area contributed by atoms with E-state index in [-0.39, 0.29) is 18.6 Å². The summed E-state index contributed by atoms with van der Waals surface area (Å²) in [5.41, 5.74) is -0.484. The van der Waals surface area contributed by atoms with Gasteiger partial charge in [0.1, 0.15) is 5.60 Å². The quantitative estimate of drug-likeness (QED) is 0.898. The average Bonchev–Trinajstić information content (AvgIpc) is 3.05. The number of ether oxygens (including phenoxy) is 1. The Balaban J connectivity index is 1.30. The predicted molar refractivity (Wildman–Crippen MR) is 91.2 cm³/mol. The monoisotopic (exact) mass is 337 g/mol. The van der Waals surface area contributed by atoms with Gasteiger partial charge in [0.2, 0.25) is 0 Å². The fraction of sp³-hybridized carbons (Fsp3) is 0.400. The van der Waals surface area contributed by atoms with Crippen molar-refractivity contribution in [1.82, 2.24) is 5.32 Å². The van der Waals surface area contributed by atoms with E-state index in [1.807, 2.05) is 12.1 Å². The Morgan fingerprint density at radius 2 is 1.88 bits per heavy atom. The first-order chi connectivity index (χ1) is 12.0. The molecular weight excluding hydrogens is 318 g/mol. The minimum Gasteiger partial charge on any atom is -0.481 e. The highest BCUT2D eigenvalue weighted by Gasteiger charge is 2.70. The van der Waals surface area contributed by atoms with Crippen LogP contribution >= 0.6 is 0 Å². The van der Waals surface area contributed by atoms with Crippen molar-refractivity contribution in [1.29, 1.82) is 0 Å². The van der Waals surface area contributed by atoms with Gasteiger partial charge < -0.3 is 15.2 Å². The van der Waals surface area contributed by atoms with Gasteiger partial charge in [-0.15, -0.1) is 0 Å². The molecule has 25 heavy (non-hydrogen) atoms. The third-order valence-corrected chi connectivity index (χ3v) is 6.07. The smallest absolute Gasteiger partial charge is 0.312 e. The molecule has 2 saturated carbocycles. The van der Waals surface area contributed by atoms with Crippen LogP contribution in [0.15, 0.2) is 42.5 Å². The Hall–Kier alpha value is -2.40. The van der Waals surface area contributed by atoms with Gasteiger partial charge in [-0.05, 0) is 22.8 Å². The van der Waals surface area contributed by atoms with E-state index in [0.29, 0.717) is 18.8 Å². The molecule has 6 rings (SSSR count). The maximum atomic E-state index is 12.6. The molecule has 0 spiro atoms. The summed E-state index contributed by atoms with van der Waals surface area (Å²) in [6.07, 6.45) is 1.51. The number of hydrogen-bond donors (Lipinski definition) is 2. The van der Waals surface area contributed by atoms with Gasteiger partial charge in [0, 0.05) is 24.8 Å². The van der Waals surface area contributed by atoms with Crippen LogP contribution in [0.2, 0.25) is 0 Å². The second kappa shape index (κ2) is 4.82. The van der Waals surface area contributed by atoms with E-state index in [1.165, 1.54) is 16.3 Å². The van der Waals surface area contributed by atoms with Crippen molar-refractivity contribution in [2.45, 2.75) is 36.8 Å². The van der Waals surface area contributed by atoms with Crippen molar-refractivity contribution >= 4 is 22.6 Å². The number of carbonyl (C=O) groups is 2. The number of carbonyl (C=O) groups excluding carboxylic acids is 1. The Morgan fingerprint density at radius 1 is 1.12 bits per heavy atom. The summed E-state index contributed by atoms with van der Waals surface area (Å²) in [5, 5.41) is 14.8. The van der Waals surface area contributed by atoms with Crippen LogP contribution < -0.4 is 5.32 Å². The molecule has 128 valence electrons. The molecule has 2 N–H and O–H groups in total. The Labute approximate surface area is 145 Å². The van der Waals surface area contributed by atoms with Crippen molar-refractivity contribution in [3.05, 3.63) is 48.0 Å². The molecule has 0 unspecified atom stereocenters. The van der Waals surface area contributed by atoms with Gasteiger partial charge in [-0.3, -0.25) is 9.59 Å². The molecule has 2 aromatic rings. The van der Waals surface area contributed by atoms with E-state index in [2.05, 4.69) is 35.6 Å². The highest BCUT2D eigenvalue weighted by molar-refractivity contribution is 5.93. The van der Waals surface area contributed by atoms with Crippen LogP contribution in [0.5, 0.6) is 0 Å². The van der Waals surface area contributed by atoms with Crippen molar-refractivity contribution in [3.8, 4) is 0 Å². The van der Waals surface area contributed by atoms with Gasteiger partial charge in [-0.25, -0.2) is 0 Å². The van der Waals surface area contributed by atoms with Crippen LogP contribution in [-0.2, 0) is 14.3 Å². The van der Waals surface area contributed by atoms with E-state index in [4.69, 9.17) is 4.74 Å². The zero-order valence-corrected chi connectivity index (χ0v) is 13.7. The van der Waals surface area contributed by atoms with Gasteiger partial charge in [0.25, 0.3) is 5.91 Å². The van der Waals surface area contributed by atoms with E-state index in [0.717, 1.165) is 6.42 Å². The van der Waals surface area contributed by atoms with Gasteiger partial charge in [-0.2, -0.15) is 0 Å². The number of nitrogens with one attached hydrogen (secondary N) is 1. The SMILES string of the molecule is O=C(O)C12COC(C(=O)N[C@@H]3C[C@H]3c3cccc4ccccc34)(C1)C2. The molecule has 2 aromatic carbocycles. The molecule has 2 saturated heterocycles. The lowest BCUT2D eigenvalue weighted by atomic mass is 9.62. The fourth-order valence-corrected chi connectivity index (χ4v) is 4.53. The second-order valence-corrected chi connectivity index (χ2v) is 7.71. The summed E-state index contributed by atoms with van der Waals surface area (Å²) in [5.74, 6) is -0.680. The molecule has 2 bridgehead atoms. The summed E-state index contributed by atoms with van der Waals surface area (Å²) < 4.78 is 5.59. The molecule has 5 nitrogen and oxygen atoms in total. The lowest BCUT2D eigenvalue weighted by Crippen LogP contribution is -2.57. The first-order valence-corrected chi connectivity index (χ1v) is 8.69. The molecule has 2 aliphatic carbocycles. The topological polar surface area (TPSA) is 75.6 Å². The molecule has 2 heterocycles. The molecule has 2 aliphatic heterocycles. The molecule has 0 aromatic heterocycles. The van der Waals surface area contributed by atoms with Crippen molar-refractivity contribution < 1.29 is 19.4 Å². The third kappa shape index (κ3) is 2.05. The molecular formula is C20H19NO4. The lowest BCUT2D eigenvalue weighted by molar-refractivity contribution is -0.158. The summed E-state index contributed by atoms with van der Waals surface area (Å²) in [4.78, 5) is 23.9. The van der Waals surface area contributed by atoms with Crippen molar-refractivity contribution in [2.75, 3.05) is 6.61 Å². The summed E-state index contributed by atoms with van der Waals surface area (Å²) in [7, 11) is 0. The first kappa shape index (κ1) is 14.9. The zero-order valence-electron chi connectivity index (χ0n) is 13.7. The number of carboxylic acids is 1. The maximum Gasteiger partial charge on any atom is 0.312 e. The van der Waals surface area contributed by atoms with E-state index >= 15 is 0 Å². The minimum atomic E-state index is -0.912. The normalized spacial score (nSPS) is 35.2. The van der Waals surface area contributed by atoms with Crippen LogP contribution in [0.3, 0.4) is 0 Å². The van der Waals surface area contributed by atoms with Crippen LogP contribution in [0.4, 0.5) is 0 Å². The van der Waals surface area contributed by atoms with Crippen molar-refractivity contribution in [3.63, 3.8) is 0 Å². The van der Waals surface area contributed by atoms with E-state index < -0.39 is 17.0 Å². The summed E-state index contributed by atoms with van der Waals surface area (Å²) in [6.45, 7) is 0.146. The van der Waals surface area contributed by atoms with Gasteiger partial charge >= 0.3 is 5.97 Å². The molecule has 4 aliphatic rings. The summed E-state index contributed by atoms with van der Waals surface area (Å²) >= 11 is 0. The molecule has 4 fully saturated rings. The van der Waals surface area contributed by atoms with Crippen LogP contribution in [0.1, 0.15) is 30.7 Å². The highest BCUT2D eigenvalue weighted by Crippen LogP contribution is 2.58. The lowest BCUT2D eigenvalue weighted by Gasteiger charge is -2.40. The Kier molecular flexibility index (Phi) is 2.87. The molecule has 0 radical (unpaired) electrons. The Morgan fingerprint density at radius 3 is 2.64 bits per heavy atom. The molecule has 5 heteroatoms.